The molecule has 2 rings (SSSR count). The predicted octanol–water partition coefficient (Wildman–Crippen LogP) is 3.12. The van der Waals surface area contributed by atoms with E-state index in [9.17, 15) is 4.79 Å². The van der Waals surface area contributed by atoms with Crippen LogP contribution in [-0.2, 0) is 0 Å². The molecule has 0 heterocycles. The molecule has 0 radical (unpaired) electrons. The van der Waals surface area contributed by atoms with E-state index in [4.69, 9.17) is 17.3 Å². The van der Waals surface area contributed by atoms with Crippen LogP contribution in [0, 0.1) is 11.3 Å². The highest BCUT2D eigenvalue weighted by molar-refractivity contribution is 6.34. The van der Waals surface area contributed by atoms with Crippen molar-refractivity contribution in [3.8, 4) is 0 Å². The fraction of sp³-hybridized carbons (Fsp3) is 0.462. The maximum absolute atomic E-state index is 11.9. The molecule has 0 spiro atoms. The third-order valence-electron chi connectivity index (χ3n) is 3.46. The lowest BCUT2D eigenvalue weighted by molar-refractivity contribution is 0.0951. The fourth-order valence-corrected chi connectivity index (χ4v) is 2.23. The van der Waals surface area contributed by atoms with Crippen molar-refractivity contribution in [3.63, 3.8) is 0 Å². The van der Waals surface area contributed by atoms with Gasteiger partial charge < -0.3 is 11.1 Å². The number of nitrogen functional groups attached to an aromatic ring is 1. The standard InChI is InChI=1S/C13H17ClN2O.ClH/c1-13(2)6-8(13)7-16-12(17)10-4-3-9(15)5-11(10)14;/h3-5,8H,6-7,15H2,1-2H3,(H,16,17);1H. The van der Waals surface area contributed by atoms with Gasteiger partial charge >= 0.3 is 0 Å². The lowest BCUT2D eigenvalue weighted by Gasteiger charge is -2.08. The number of carbonyl (C=O) groups excluding carboxylic acids is 1. The molecule has 1 amide bonds. The monoisotopic (exact) mass is 288 g/mol. The number of benzene rings is 1. The molecule has 0 aromatic heterocycles. The Labute approximate surface area is 118 Å². The zero-order valence-corrected chi connectivity index (χ0v) is 12.1. The number of anilines is 1. The number of carbonyl (C=O) groups is 1. The van der Waals surface area contributed by atoms with Gasteiger partial charge in [0.2, 0.25) is 0 Å². The lowest BCUT2D eigenvalue weighted by atomic mass is 10.1. The Morgan fingerprint density at radius 1 is 1.56 bits per heavy atom. The van der Waals surface area contributed by atoms with Gasteiger partial charge in [0.25, 0.3) is 5.91 Å². The smallest absolute Gasteiger partial charge is 0.252 e. The van der Waals surface area contributed by atoms with E-state index < -0.39 is 0 Å². The number of hydrogen-bond donors (Lipinski definition) is 2. The minimum Gasteiger partial charge on any atom is -0.399 e. The van der Waals surface area contributed by atoms with Crippen LogP contribution in [0.25, 0.3) is 0 Å². The molecule has 1 aliphatic carbocycles. The van der Waals surface area contributed by atoms with Gasteiger partial charge in [0.1, 0.15) is 0 Å². The van der Waals surface area contributed by atoms with Crippen molar-refractivity contribution in [2.45, 2.75) is 20.3 Å². The Hall–Kier alpha value is -0.930. The molecule has 0 bridgehead atoms. The fourth-order valence-electron chi connectivity index (χ4n) is 1.95. The largest absolute Gasteiger partial charge is 0.399 e. The summed E-state index contributed by atoms with van der Waals surface area (Å²) in [6.07, 6.45) is 1.17. The van der Waals surface area contributed by atoms with Crippen LogP contribution in [0.4, 0.5) is 5.69 Å². The molecule has 0 saturated heterocycles. The summed E-state index contributed by atoms with van der Waals surface area (Å²) >= 11 is 5.97. The highest BCUT2D eigenvalue weighted by Crippen LogP contribution is 2.50. The summed E-state index contributed by atoms with van der Waals surface area (Å²) in [5.41, 5.74) is 7.00. The van der Waals surface area contributed by atoms with E-state index in [0.717, 1.165) is 0 Å². The minimum atomic E-state index is -0.127. The third-order valence-corrected chi connectivity index (χ3v) is 3.78. The van der Waals surface area contributed by atoms with E-state index in [0.29, 0.717) is 34.2 Å². The molecule has 18 heavy (non-hydrogen) atoms. The molecular weight excluding hydrogens is 271 g/mol. The topological polar surface area (TPSA) is 55.1 Å². The summed E-state index contributed by atoms with van der Waals surface area (Å²) in [5.74, 6) is 0.455. The van der Waals surface area contributed by atoms with Crippen molar-refractivity contribution in [1.29, 1.82) is 0 Å². The van der Waals surface area contributed by atoms with Crippen LogP contribution in [0.15, 0.2) is 18.2 Å². The Morgan fingerprint density at radius 3 is 2.67 bits per heavy atom. The molecule has 100 valence electrons. The average Bonchev–Trinajstić information content (AvgIpc) is 2.83. The Bertz CT molecular complexity index is 460. The van der Waals surface area contributed by atoms with Crippen molar-refractivity contribution in [2.75, 3.05) is 12.3 Å². The van der Waals surface area contributed by atoms with Crippen LogP contribution in [0.3, 0.4) is 0 Å². The highest BCUT2D eigenvalue weighted by atomic mass is 35.5. The molecule has 0 aliphatic heterocycles. The predicted molar refractivity (Wildman–Crippen MR) is 77.3 cm³/mol. The van der Waals surface area contributed by atoms with Crippen molar-refractivity contribution in [2.24, 2.45) is 11.3 Å². The summed E-state index contributed by atoms with van der Waals surface area (Å²) in [5, 5.41) is 3.31. The average molecular weight is 289 g/mol. The van der Waals surface area contributed by atoms with Crippen LogP contribution in [0.1, 0.15) is 30.6 Å². The van der Waals surface area contributed by atoms with Gasteiger partial charge in [-0.25, -0.2) is 0 Å². The SMILES string of the molecule is CC1(C)CC1CNC(=O)c1ccc(N)cc1Cl.Cl. The second-order valence-corrected chi connectivity index (χ2v) is 5.75. The number of hydrogen-bond acceptors (Lipinski definition) is 2. The number of rotatable bonds is 3. The van der Waals surface area contributed by atoms with Gasteiger partial charge in [-0.05, 0) is 36.0 Å². The van der Waals surface area contributed by atoms with E-state index in [1.165, 1.54) is 6.42 Å². The van der Waals surface area contributed by atoms with Crippen LogP contribution < -0.4 is 11.1 Å². The lowest BCUT2D eigenvalue weighted by Crippen LogP contribution is -2.26. The van der Waals surface area contributed by atoms with Gasteiger partial charge in [-0.15, -0.1) is 12.4 Å². The maximum atomic E-state index is 11.9. The highest BCUT2D eigenvalue weighted by Gasteiger charge is 2.45. The molecule has 1 aliphatic rings. The first-order valence-electron chi connectivity index (χ1n) is 5.73. The van der Waals surface area contributed by atoms with E-state index in [1.54, 1.807) is 18.2 Å². The number of halogens is 2. The third kappa shape index (κ3) is 3.30. The van der Waals surface area contributed by atoms with Gasteiger partial charge in [0.05, 0.1) is 10.6 Å². The molecule has 1 unspecified atom stereocenters. The van der Waals surface area contributed by atoms with E-state index in [1.807, 2.05) is 0 Å². The summed E-state index contributed by atoms with van der Waals surface area (Å²) in [6.45, 7) is 5.13. The first-order valence-corrected chi connectivity index (χ1v) is 6.11. The molecule has 1 atom stereocenters. The quantitative estimate of drug-likeness (QED) is 0.840. The van der Waals surface area contributed by atoms with Crippen molar-refractivity contribution >= 4 is 35.6 Å². The zero-order valence-electron chi connectivity index (χ0n) is 10.5. The van der Waals surface area contributed by atoms with Gasteiger partial charge in [0, 0.05) is 12.2 Å². The van der Waals surface area contributed by atoms with Crippen LogP contribution in [0.5, 0.6) is 0 Å². The van der Waals surface area contributed by atoms with Crippen molar-refractivity contribution in [3.05, 3.63) is 28.8 Å². The van der Waals surface area contributed by atoms with Crippen molar-refractivity contribution < 1.29 is 4.79 Å². The van der Waals surface area contributed by atoms with Gasteiger partial charge in [0.15, 0.2) is 0 Å². The molecule has 1 saturated carbocycles. The Morgan fingerprint density at radius 2 is 2.17 bits per heavy atom. The number of amides is 1. The second-order valence-electron chi connectivity index (χ2n) is 5.34. The normalized spacial score (nSPS) is 19.8. The van der Waals surface area contributed by atoms with Gasteiger partial charge in [-0.3, -0.25) is 4.79 Å². The van der Waals surface area contributed by atoms with Gasteiger partial charge in [-0.2, -0.15) is 0 Å². The maximum Gasteiger partial charge on any atom is 0.252 e. The van der Waals surface area contributed by atoms with Crippen LogP contribution in [-0.4, -0.2) is 12.5 Å². The minimum absolute atomic E-state index is 0. The molecule has 1 aromatic rings. The molecule has 1 fully saturated rings. The van der Waals surface area contributed by atoms with E-state index in [2.05, 4.69) is 19.2 Å². The Kier molecular flexibility index (Phi) is 4.51. The second kappa shape index (κ2) is 5.37. The molecule has 3 N–H and O–H groups in total. The molecular formula is C13H18Cl2N2O. The first-order chi connectivity index (χ1) is 7.90. The zero-order chi connectivity index (χ0) is 12.6. The first kappa shape index (κ1) is 15.1. The molecule has 1 aromatic carbocycles. The summed E-state index contributed by atoms with van der Waals surface area (Å²) < 4.78 is 0. The van der Waals surface area contributed by atoms with Crippen molar-refractivity contribution in [1.82, 2.24) is 5.32 Å². The summed E-state index contributed by atoms with van der Waals surface area (Å²) in [6, 6.07) is 4.93. The summed E-state index contributed by atoms with van der Waals surface area (Å²) in [7, 11) is 0. The number of nitrogens with one attached hydrogen (secondary N) is 1. The van der Waals surface area contributed by atoms with Crippen LogP contribution in [0.2, 0.25) is 5.02 Å². The molecule has 3 nitrogen and oxygen atoms in total. The summed E-state index contributed by atoms with van der Waals surface area (Å²) in [4.78, 5) is 11.9. The van der Waals surface area contributed by atoms with Crippen LogP contribution >= 0.6 is 24.0 Å². The van der Waals surface area contributed by atoms with Gasteiger partial charge in [-0.1, -0.05) is 25.4 Å². The van der Waals surface area contributed by atoms with E-state index in [-0.39, 0.29) is 18.3 Å². The molecule has 5 heteroatoms. The number of nitrogens with two attached hydrogens (primary N) is 1. The van der Waals surface area contributed by atoms with E-state index >= 15 is 0 Å². The Balaban J connectivity index is 0.00000162.